The van der Waals surface area contributed by atoms with Crippen molar-refractivity contribution in [2.24, 2.45) is 47.0 Å². The zero-order valence-corrected chi connectivity index (χ0v) is 17.3. The normalized spacial score (nSPS) is 39.5. The summed E-state index contributed by atoms with van der Waals surface area (Å²) >= 11 is 0. The van der Waals surface area contributed by atoms with Crippen LogP contribution in [0.4, 0.5) is 0 Å². The molecule has 152 valence electrons. The van der Waals surface area contributed by atoms with E-state index < -0.39 is 0 Å². The van der Waals surface area contributed by atoms with Gasteiger partial charge in [0.2, 0.25) is 0 Å². The number of rotatable bonds is 10. The van der Waals surface area contributed by atoms with E-state index in [0.29, 0.717) is 35.8 Å². The van der Waals surface area contributed by atoms with Crippen molar-refractivity contribution < 1.29 is 0 Å². The van der Waals surface area contributed by atoms with Crippen molar-refractivity contribution in [3.63, 3.8) is 0 Å². The van der Waals surface area contributed by atoms with Gasteiger partial charge in [-0.1, -0.05) is 24.3 Å². The quantitative estimate of drug-likeness (QED) is 0.490. The molecule has 0 heterocycles. The molecular weight excluding hydrogens is 328 g/mol. The number of nitrogens with two attached hydrogens (primary N) is 2. The summed E-state index contributed by atoms with van der Waals surface area (Å²) in [6.45, 7) is 15.8. The predicted molar refractivity (Wildman–Crippen MR) is 119 cm³/mol. The molecule has 0 aromatic rings. The number of hydrogen-bond acceptors (Lipinski definition) is 2. The highest BCUT2D eigenvalue weighted by Gasteiger charge is 2.38. The number of hydrogen-bond donors (Lipinski definition) is 2. The Hall–Kier alpha value is -1.12. The highest BCUT2D eigenvalue weighted by molar-refractivity contribution is 4.97. The summed E-state index contributed by atoms with van der Waals surface area (Å²) in [6.07, 6.45) is 18.7. The lowest BCUT2D eigenvalue weighted by Crippen LogP contribution is -2.45. The summed E-state index contributed by atoms with van der Waals surface area (Å²) in [4.78, 5) is 0. The van der Waals surface area contributed by atoms with Gasteiger partial charge in [0.15, 0.2) is 0 Å². The van der Waals surface area contributed by atoms with Gasteiger partial charge in [0.25, 0.3) is 0 Å². The van der Waals surface area contributed by atoms with Crippen LogP contribution in [0.3, 0.4) is 0 Å². The van der Waals surface area contributed by atoms with E-state index in [2.05, 4.69) is 50.6 Å². The summed E-state index contributed by atoms with van der Waals surface area (Å²) in [5.74, 6) is 3.84. The molecule has 2 nitrogen and oxygen atoms in total. The van der Waals surface area contributed by atoms with Gasteiger partial charge in [0, 0.05) is 12.1 Å². The van der Waals surface area contributed by atoms with E-state index in [4.69, 9.17) is 11.5 Å². The minimum atomic E-state index is 0.291. The molecule has 27 heavy (non-hydrogen) atoms. The third-order valence-electron chi connectivity index (χ3n) is 7.27. The van der Waals surface area contributed by atoms with Crippen LogP contribution < -0.4 is 11.5 Å². The van der Waals surface area contributed by atoms with Gasteiger partial charge in [-0.3, -0.25) is 0 Å². The van der Waals surface area contributed by atoms with Crippen LogP contribution in [0.15, 0.2) is 50.6 Å². The Morgan fingerprint density at radius 3 is 1.04 bits per heavy atom. The maximum Gasteiger partial charge on any atom is 0.0102 e. The lowest BCUT2D eigenvalue weighted by Gasteiger charge is -2.44. The summed E-state index contributed by atoms with van der Waals surface area (Å²) in [5.41, 5.74) is 13.2. The molecule has 0 amide bonds. The second kappa shape index (κ2) is 11.0. The first-order valence-electron chi connectivity index (χ1n) is 11.0. The summed E-state index contributed by atoms with van der Waals surface area (Å²) in [7, 11) is 0. The van der Waals surface area contributed by atoms with E-state index in [9.17, 15) is 0 Å². The first-order valence-corrected chi connectivity index (χ1v) is 11.0. The molecule has 4 unspecified atom stereocenters. The van der Waals surface area contributed by atoms with Gasteiger partial charge in [0.05, 0.1) is 0 Å². The summed E-state index contributed by atoms with van der Waals surface area (Å²) < 4.78 is 0. The zero-order valence-electron chi connectivity index (χ0n) is 17.3. The lowest BCUT2D eigenvalue weighted by molar-refractivity contribution is 0.101. The highest BCUT2D eigenvalue weighted by atomic mass is 14.7. The van der Waals surface area contributed by atoms with Crippen molar-refractivity contribution in [3.8, 4) is 0 Å². The van der Waals surface area contributed by atoms with Gasteiger partial charge in [-0.15, -0.1) is 26.3 Å². The van der Waals surface area contributed by atoms with Crippen LogP contribution in [-0.2, 0) is 0 Å². The maximum atomic E-state index is 6.60. The van der Waals surface area contributed by atoms with Crippen LogP contribution in [0, 0.1) is 35.5 Å². The van der Waals surface area contributed by atoms with Crippen LogP contribution >= 0.6 is 0 Å². The van der Waals surface area contributed by atoms with Crippen molar-refractivity contribution in [2.45, 2.75) is 69.9 Å². The van der Waals surface area contributed by atoms with Crippen LogP contribution in [0.5, 0.6) is 0 Å². The number of allylic oxidation sites excluding steroid dienone is 4. The van der Waals surface area contributed by atoms with Crippen molar-refractivity contribution in [1.82, 2.24) is 0 Å². The van der Waals surface area contributed by atoms with Crippen molar-refractivity contribution in [3.05, 3.63) is 50.6 Å². The third-order valence-corrected chi connectivity index (χ3v) is 7.27. The van der Waals surface area contributed by atoms with E-state index in [1.54, 1.807) is 0 Å². The second-order valence-electron chi connectivity index (χ2n) is 9.20. The Morgan fingerprint density at radius 1 is 0.556 bits per heavy atom. The van der Waals surface area contributed by atoms with Crippen molar-refractivity contribution >= 4 is 0 Å². The average molecular weight is 371 g/mol. The van der Waals surface area contributed by atoms with Gasteiger partial charge in [-0.25, -0.2) is 0 Å². The SMILES string of the molecule is C=CCC1CC(CC2CC(CC=C)C(N)C(CC=C)C2)CC(CC=C)C1N. The van der Waals surface area contributed by atoms with Gasteiger partial charge in [-0.05, 0) is 93.3 Å². The molecule has 4 atom stereocenters. The molecule has 0 aliphatic heterocycles. The van der Waals surface area contributed by atoms with Gasteiger partial charge in [0.1, 0.15) is 0 Å². The Morgan fingerprint density at radius 2 is 0.815 bits per heavy atom. The third kappa shape index (κ3) is 5.93. The fourth-order valence-electron chi connectivity index (χ4n) is 6.03. The second-order valence-corrected chi connectivity index (χ2v) is 9.20. The Labute approximate surface area is 167 Å². The fraction of sp³-hybridized carbons (Fsp3) is 0.680. The first-order chi connectivity index (χ1) is 13.0. The van der Waals surface area contributed by atoms with Gasteiger partial charge in [-0.2, -0.15) is 0 Å². The van der Waals surface area contributed by atoms with E-state index in [1.807, 2.05) is 0 Å². The van der Waals surface area contributed by atoms with Crippen molar-refractivity contribution in [2.75, 3.05) is 0 Å². The molecular formula is C25H42N2. The summed E-state index contributed by atoms with van der Waals surface area (Å²) in [6, 6.07) is 0.582. The fourth-order valence-corrected chi connectivity index (χ4v) is 6.03. The molecule has 2 rings (SSSR count). The van der Waals surface area contributed by atoms with Gasteiger partial charge < -0.3 is 11.5 Å². The standard InChI is InChI=1S/C25H42N2/c1-5-9-20-14-18(15-21(10-6-2)24(20)26)13-19-16-22(11-7-3)25(27)23(17-19)12-8-4/h5-8,18-25H,1-4,9-17,26-27H2. The molecule has 0 spiro atoms. The molecule has 0 aromatic carbocycles. The van der Waals surface area contributed by atoms with E-state index in [-0.39, 0.29) is 0 Å². The largest absolute Gasteiger partial charge is 0.327 e. The molecule has 0 aromatic heterocycles. The molecule has 4 N–H and O–H groups in total. The first kappa shape index (κ1) is 22.2. The molecule has 2 saturated carbocycles. The van der Waals surface area contributed by atoms with E-state index in [0.717, 1.165) is 37.5 Å². The minimum Gasteiger partial charge on any atom is -0.327 e. The van der Waals surface area contributed by atoms with Crippen LogP contribution in [-0.4, -0.2) is 12.1 Å². The Balaban J connectivity index is 2.05. The lowest BCUT2D eigenvalue weighted by atomic mass is 9.63. The van der Waals surface area contributed by atoms with Crippen molar-refractivity contribution in [1.29, 1.82) is 0 Å². The minimum absolute atomic E-state index is 0.291. The Bertz CT molecular complexity index is 413. The predicted octanol–water partition coefficient (Wildman–Crippen LogP) is 5.62. The average Bonchev–Trinajstić information content (AvgIpc) is 2.63. The van der Waals surface area contributed by atoms with E-state index in [1.165, 1.54) is 32.1 Å². The highest BCUT2D eigenvalue weighted by Crippen LogP contribution is 2.44. The topological polar surface area (TPSA) is 52.0 Å². The molecule has 0 bridgehead atoms. The van der Waals surface area contributed by atoms with Crippen LogP contribution in [0.2, 0.25) is 0 Å². The zero-order chi connectivity index (χ0) is 19.8. The Kier molecular flexibility index (Phi) is 9.05. The molecule has 2 aliphatic rings. The smallest absolute Gasteiger partial charge is 0.0102 e. The van der Waals surface area contributed by atoms with E-state index >= 15 is 0 Å². The molecule has 2 aliphatic carbocycles. The molecule has 0 radical (unpaired) electrons. The van der Waals surface area contributed by atoms with Crippen LogP contribution in [0.1, 0.15) is 57.8 Å². The maximum absolute atomic E-state index is 6.60. The molecule has 0 saturated heterocycles. The van der Waals surface area contributed by atoms with Gasteiger partial charge >= 0.3 is 0 Å². The molecule has 2 fully saturated rings. The molecule has 2 heteroatoms. The summed E-state index contributed by atoms with van der Waals surface area (Å²) in [5, 5.41) is 0. The van der Waals surface area contributed by atoms with Crippen LogP contribution in [0.25, 0.3) is 0 Å². The monoisotopic (exact) mass is 370 g/mol.